The van der Waals surface area contributed by atoms with Crippen LogP contribution in [0.1, 0.15) is 43.0 Å². The molecule has 6 rings (SSSR count). The second-order valence-electron chi connectivity index (χ2n) is 13.4. The van der Waals surface area contributed by atoms with E-state index in [1.54, 1.807) is 15.6 Å². The average Bonchev–Trinajstić information content (AvgIpc) is 3.67. The standard InChI is InChI=1S/C33H43ClN6O5Si/c1-21-30(46(2,3)44)29(12-15-39-20-26(13-16-41)37-38-39)45-33(21)27-17-24(34)8-11-28(27)40(32(33)43)19-22-6-9-25(10-7-22)36-31(42)23-5-4-14-35-18-23/h6-11,17,20-21,23,29-30,35,41,44H,4-5,12-16,18-19H2,1-3H3,(H,36,42)/t21-,23?,29+,30-,33+/m1/s1. The fourth-order valence-electron chi connectivity index (χ4n) is 7.61. The molecule has 11 nitrogen and oxygen atoms in total. The number of hydrogen-bond donors (Lipinski definition) is 4. The Bertz CT molecular complexity index is 1570. The van der Waals surface area contributed by atoms with E-state index in [4.69, 9.17) is 16.3 Å². The lowest BCUT2D eigenvalue weighted by Crippen LogP contribution is -2.46. The number of aliphatic hydroxyl groups excluding tert-OH is 1. The van der Waals surface area contributed by atoms with Gasteiger partial charge in [0.05, 0.1) is 29.9 Å². The molecule has 0 bridgehead atoms. The van der Waals surface area contributed by atoms with Crippen molar-refractivity contribution >= 4 is 43.1 Å². The van der Waals surface area contributed by atoms with E-state index in [-0.39, 0.29) is 35.8 Å². The number of nitrogens with one attached hydrogen (secondary N) is 2. The zero-order chi connectivity index (χ0) is 32.6. The number of ether oxygens (including phenoxy) is 1. The number of aliphatic hydroxyl groups is 1. The lowest BCUT2D eigenvalue weighted by molar-refractivity contribution is -0.146. The van der Waals surface area contributed by atoms with Crippen molar-refractivity contribution in [2.75, 3.05) is 29.9 Å². The Morgan fingerprint density at radius 2 is 2.02 bits per heavy atom. The van der Waals surface area contributed by atoms with Crippen molar-refractivity contribution in [2.45, 2.75) is 76.0 Å². The van der Waals surface area contributed by atoms with Crippen LogP contribution in [0.5, 0.6) is 0 Å². The van der Waals surface area contributed by atoms with Gasteiger partial charge in [-0.3, -0.25) is 14.3 Å². The van der Waals surface area contributed by atoms with Gasteiger partial charge in [0.15, 0.2) is 13.9 Å². The van der Waals surface area contributed by atoms with Crippen LogP contribution in [0, 0.1) is 11.8 Å². The topological polar surface area (TPSA) is 142 Å². The minimum Gasteiger partial charge on any atom is -0.432 e. The molecule has 0 saturated carbocycles. The normalized spacial score (nSPS) is 26.1. The van der Waals surface area contributed by atoms with Crippen LogP contribution < -0.4 is 15.5 Å². The molecule has 2 saturated heterocycles. The number of benzene rings is 2. The van der Waals surface area contributed by atoms with Gasteiger partial charge >= 0.3 is 0 Å². The van der Waals surface area contributed by atoms with E-state index < -0.39 is 20.0 Å². The number of aryl methyl sites for hydroxylation is 1. The molecule has 3 aliphatic heterocycles. The maximum absolute atomic E-state index is 14.6. The highest BCUT2D eigenvalue weighted by Gasteiger charge is 2.66. The summed E-state index contributed by atoms with van der Waals surface area (Å²) < 4.78 is 8.61. The Balaban J connectivity index is 1.24. The van der Waals surface area contributed by atoms with Crippen LogP contribution >= 0.6 is 11.6 Å². The number of aromatic nitrogens is 3. The first-order chi connectivity index (χ1) is 22.0. The third-order valence-electron chi connectivity index (χ3n) is 9.77. The summed E-state index contributed by atoms with van der Waals surface area (Å²) >= 11 is 6.53. The molecular weight excluding hydrogens is 624 g/mol. The number of halogens is 1. The van der Waals surface area contributed by atoms with Crippen molar-refractivity contribution in [3.63, 3.8) is 0 Å². The second kappa shape index (κ2) is 13.2. The summed E-state index contributed by atoms with van der Waals surface area (Å²) in [5.74, 6) is -0.505. The van der Waals surface area contributed by atoms with Crippen LogP contribution in [-0.2, 0) is 39.4 Å². The molecule has 13 heteroatoms. The zero-order valence-corrected chi connectivity index (χ0v) is 28.3. The van der Waals surface area contributed by atoms with Crippen molar-refractivity contribution in [3.8, 4) is 0 Å². The summed E-state index contributed by atoms with van der Waals surface area (Å²) in [6, 6.07) is 13.1. The van der Waals surface area contributed by atoms with Crippen molar-refractivity contribution in [3.05, 3.63) is 70.5 Å². The number of fused-ring (bicyclic) bond motifs is 2. The highest BCUT2D eigenvalue weighted by atomic mass is 35.5. The highest BCUT2D eigenvalue weighted by Crippen LogP contribution is 2.60. The lowest BCUT2D eigenvalue weighted by atomic mass is 9.82. The summed E-state index contributed by atoms with van der Waals surface area (Å²) in [5.41, 5.74) is 2.27. The van der Waals surface area contributed by atoms with Gasteiger partial charge in [-0.2, -0.15) is 0 Å². The summed E-state index contributed by atoms with van der Waals surface area (Å²) in [6.45, 7) is 8.26. The third-order valence-corrected chi connectivity index (χ3v) is 12.5. The fraction of sp³-hybridized carbons (Fsp3) is 0.515. The molecule has 1 spiro atoms. The number of piperidine rings is 1. The number of anilines is 2. The molecule has 1 aromatic heterocycles. The fourth-order valence-corrected chi connectivity index (χ4v) is 10.4. The Morgan fingerprint density at radius 1 is 1.24 bits per heavy atom. The summed E-state index contributed by atoms with van der Waals surface area (Å²) in [6.07, 6.45) is 4.24. The predicted octanol–water partition coefficient (Wildman–Crippen LogP) is 3.84. The molecule has 46 heavy (non-hydrogen) atoms. The van der Waals surface area contributed by atoms with E-state index in [2.05, 4.69) is 20.9 Å². The van der Waals surface area contributed by atoms with Crippen molar-refractivity contribution in [2.24, 2.45) is 11.8 Å². The lowest BCUT2D eigenvalue weighted by Gasteiger charge is -2.32. The highest BCUT2D eigenvalue weighted by molar-refractivity contribution is 6.71. The van der Waals surface area contributed by atoms with Gasteiger partial charge < -0.3 is 30.2 Å². The van der Waals surface area contributed by atoms with Crippen LogP contribution in [0.4, 0.5) is 11.4 Å². The Kier molecular flexibility index (Phi) is 9.39. The van der Waals surface area contributed by atoms with Crippen LogP contribution in [0.15, 0.2) is 48.7 Å². The first-order valence-electron chi connectivity index (χ1n) is 16.1. The minimum absolute atomic E-state index is 0.00351. The van der Waals surface area contributed by atoms with E-state index >= 15 is 0 Å². The van der Waals surface area contributed by atoms with E-state index in [1.165, 1.54) is 0 Å². The first kappa shape index (κ1) is 32.8. The van der Waals surface area contributed by atoms with Gasteiger partial charge in [-0.15, -0.1) is 5.10 Å². The monoisotopic (exact) mass is 666 g/mol. The van der Waals surface area contributed by atoms with Crippen molar-refractivity contribution in [1.82, 2.24) is 20.3 Å². The van der Waals surface area contributed by atoms with Gasteiger partial charge in [0.2, 0.25) is 5.91 Å². The summed E-state index contributed by atoms with van der Waals surface area (Å²) in [7, 11) is -2.83. The molecule has 0 radical (unpaired) electrons. The smallest absolute Gasteiger partial charge is 0.264 e. The summed E-state index contributed by atoms with van der Waals surface area (Å²) in [4.78, 5) is 40.7. The van der Waals surface area contributed by atoms with E-state index in [9.17, 15) is 19.5 Å². The molecule has 3 aromatic rings. The van der Waals surface area contributed by atoms with Crippen LogP contribution in [0.2, 0.25) is 23.7 Å². The molecule has 5 atom stereocenters. The van der Waals surface area contributed by atoms with Crippen LogP contribution in [0.25, 0.3) is 0 Å². The maximum atomic E-state index is 14.6. The van der Waals surface area contributed by atoms with Gasteiger partial charge in [-0.05, 0) is 74.8 Å². The molecule has 3 aliphatic rings. The van der Waals surface area contributed by atoms with Crippen molar-refractivity contribution in [1.29, 1.82) is 0 Å². The minimum atomic E-state index is -2.83. The first-order valence-corrected chi connectivity index (χ1v) is 19.5. The quantitative estimate of drug-likeness (QED) is 0.239. The van der Waals surface area contributed by atoms with Gasteiger partial charge in [0.25, 0.3) is 5.91 Å². The predicted molar refractivity (Wildman–Crippen MR) is 178 cm³/mol. The SMILES string of the molecule is C[C@@H]1[C@@H]([Si](C)(C)O)[C@H](CCn2cc(CCO)nn2)O[C@@]12C(=O)N(Cc1ccc(NC(=O)C3CCCNC3)cc1)c1ccc(Cl)cc12. The molecule has 2 amide bonds. The molecule has 2 fully saturated rings. The van der Waals surface area contributed by atoms with Crippen LogP contribution in [-0.4, -0.2) is 70.8 Å². The van der Waals surface area contributed by atoms with E-state index in [0.29, 0.717) is 43.2 Å². The van der Waals surface area contributed by atoms with E-state index in [0.717, 1.165) is 41.9 Å². The van der Waals surface area contributed by atoms with Gasteiger partial charge in [-0.1, -0.05) is 35.9 Å². The molecular formula is C33H43ClN6O5Si. The summed E-state index contributed by atoms with van der Waals surface area (Å²) in [5, 5.41) is 24.4. The molecule has 4 heterocycles. The van der Waals surface area contributed by atoms with Crippen molar-refractivity contribution < 1.29 is 24.2 Å². The number of hydrogen-bond acceptors (Lipinski definition) is 8. The van der Waals surface area contributed by atoms with E-state index in [1.807, 2.05) is 62.6 Å². The number of nitrogens with zero attached hydrogens (tertiary/aromatic N) is 4. The molecule has 0 aliphatic carbocycles. The molecule has 2 aromatic carbocycles. The van der Waals surface area contributed by atoms with Gasteiger partial charge in [0.1, 0.15) is 0 Å². The second-order valence-corrected chi connectivity index (χ2v) is 17.8. The third kappa shape index (κ3) is 6.26. The Morgan fingerprint density at radius 3 is 2.72 bits per heavy atom. The largest absolute Gasteiger partial charge is 0.432 e. The molecule has 1 unspecified atom stereocenters. The molecule has 246 valence electrons. The maximum Gasteiger partial charge on any atom is 0.264 e. The van der Waals surface area contributed by atoms with Gasteiger partial charge in [0, 0.05) is 60.0 Å². The number of rotatable bonds is 10. The number of carbonyl (C=O) groups excluding carboxylic acids is 2. The average molecular weight is 667 g/mol. The van der Waals surface area contributed by atoms with Crippen LogP contribution in [0.3, 0.4) is 0 Å². The van der Waals surface area contributed by atoms with Gasteiger partial charge in [-0.25, -0.2) is 0 Å². The zero-order valence-electron chi connectivity index (χ0n) is 26.6. The number of amides is 2. The Labute approximate surface area is 275 Å². The Hall–Kier alpha value is -3.13. The molecule has 4 N–H and O–H groups in total. The number of carbonyl (C=O) groups is 2.